The number of terminal acetylenes is 1. The topological polar surface area (TPSA) is 29.5 Å². The maximum Gasteiger partial charge on any atom is 0.224 e. The maximum absolute atomic E-state index is 11.6. The van der Waals surface area contributed by atoms with E-state index in [0.717, 1.165) is 6.42 Å². The first-order valence-corrected chi connectivity index (χ1v) is 4.97. The normalized spacial score (nSPS) is 23.6. The number of nitrogens with zero attached hydrogens (tertiary/aromatic N) is 1. The molecule has 78 valence electrons. The molecule has 0 aromatic heterocycles. The summed E-state index contributed by atoms with van der Waals surface area (Å²) in [6.07, 6.45) is 6.72. The molecule has 0 aliphatic carbocycles. The molecular formula is C11H17NO2. The highest BCUT2D eigenvalue weighted by molar-refractivity contribution is 5.79. The van der Waals surface area contributed by atoms with Crippen LogP contribution in [0.5, 0.6) is 0 Å². The van der Waals surface area contributed by atoms with Crippen LogP contribution in [0.2, 0.25) is 0 Å². The second-order valence-electron chi connectivity index (χ2n) is 3.63. The number of rotatable bonds is 4. The molecule has 0 bridgehead atoms. The predicted octanol–water partition coefficient (Wildman–Crippen LogP) is 0.893. The second-order valence-corrected chi connectivity index (χ2v) is 3.63. The number of hydrogen-bond acceptors (Lipinski definition) is 2. The summed E-state index contributed by atoms with van der Waals surface area (Å²) in [5.74, 6) is 2.90. The number of likely N-dealkylation sites (tertiary alicyclic amines) is 1. The molecule has 1 heterocycles. The van der Waals surface area contributed by atoms with E-state index in [-0.39, 0.29) is 17.9 Å². The third-order valence-electron chi connectivity index (χ3n) is 2.67. The number of carbonyl (C=O) groups excluding carboxylic acids is 1. The SMILES string of the molecule is C#CC1CC(=O)N(C(CC)COC)C1. The van der Waals surface area contributed by atoms with Crippen molar-refractivity contribution in [3.63, 3.8) is 0 Å². The first-order valence-electron chi connectivity index (χ1n) is 4.97. The van der Waals surface area contributed by atoms with E-state index in [9.17, 15) is 4.79 Å². The molecular weight excluding hydrogens is 178 g/mol. The maximum atomic E-state index is 11.6. The zero-order valence-corrected chi connectivity index (χ0v) is 8.82. The molecule has 0 aromatic carbocycles. The zero-order chi connectivity index (χ0) is 10.6. The van der Waals surface area contributed by atoms with Crippen molar-refractivity contribution in [3.8, 4) is 12.3 Å². The van der Waals surface area contributed by atoms with E-state index in [1.165, 1.54) is 0 Å². The van der Waals surface area contributed by atoms with Crippen LogP contribution in [0, 0.1) is 18.3 Å². The molecule has 0 spiro atoms. The lowest BCUT2D eigenvalue weighted by atomic mass is 10.1. The summed E-state index contributed by atoms with van der Waals surface area (Å²) < 4.78 is 5.08. The van der Waals surface area contributed by atoms with Crippen molar-refractivity contribution in [3.05, 3.63) is 0 Å². The van der Waals surface area contributed by atoms with Gasteiger partial charge in [-0.05, 0) is 6.42 Å². The highest BCUT2D eigenvalue weighted by atomic mass is 16.5. The van der Waals surface area contributed by atoms with E-state index in [1.54, 1.807) is 7.11 Å². The molecule has 1 rings (SSSR count). The zero-order valence-electron chi connectivity index (χ0n) is 8.82. The Balaban J connectivity index is 2.59. The van der Waals surface area contributed by atoms with Gasteiger partial charge in [0.1, 0.15) is 0 Å². The van der Waals surface area contributed by atoms with E-state index in [0.29, 0.717) is 19.6 Å². The molecule has 1 fully saturated rings. The fraction of sp³-hybridized carbons (Fsp3) is 0.727. The van der Waals surface area contributed by atoms with E-state index >= 15 is 0 Å². The van der Waals surface area contributed by atoms with Crippen LogP contribution in [-0.4, -0.2) is 37.1 Å². The molecule has 14 heavy (non-hydrogen) atoms. The van der Waals surface area contributed by atoms with Crippen LogP contribution in [-0.2, 0) is 9.53 Å². The number of ether oxygens (including phenoxy) is 1. The number of carbonyl (C=O) groups is 1. The van der Waals surface area contributed by atoms with Gasteiger partial charge in [0, 0.05) is 26.0 Å². The van der Waals surface area contributed by atoms with Crippen LogP contribution >= 0.6 is 0 Å². The molecule has 2 unspecified atom stereocenters. The monoisotopic (exact) mass is 195 g/mol. The minimum atomic E-state index is 0.0911. The van der Waals surface area contributed by atoms with Crippen molar-refractivity contribution in [1.29, 1.82) is 0 Å². The van der Waals surface area contributed by atoms with Crippen molar-refractivity contribution >= 4 is 5.91 Å². The lowest BCUT2D eigenvalue weighted by Gasteiger charge is -2.26. The van der Waals surface area contributed by atoms with Gasteiger partial charge >= 0.3 is 0 Å². The quantitative estimate of drug-likeness (QED) is 0.624. The van der Waals surface area contributed by atoms with Crippen molar-refractivity contribution < 1.29 is 9.53 Å². The molecule has 1 aliphatic rings. The Labute approximate surface area is 85.4 Å². The van der Waals surface area contributed by atoms with Crippen LogP contribution < -0.4 is 0 Å². The summed E-state index contributed by atoms with van der Waals surface area (Å²) >= 11 is 0. The summed E-state index contributed by atoms with van der Waals surface area (Å²) in [7, 11) is 1.65. The van der Waals surface area contributed by atoms with Crippen LogP contribution in [0.25, 0.3) is 0 Å². The molecule has 3 nitrogen and oxygen atoms in total. The van der Waals surface area contributed by atoms with Gasteiger partial charge in [0.05, 0.1) is 12.6 Å². The lowest BCUT2D eigenvalue weighted by Crippen LogP contribution is -2.39. The molecule has 2 atom stereocenters. The standard InChI is InChI=1S/C11H17NO2/c1-4-9-6-11(13)12(7-9)10(5-2)8-14-3/h1,9-10H,5-8H2,2-3H3. The van der Waals surface area contributed by atoms with E-state index in [1.807, 2.05) is 4.90 Å². The van der Waals surface area contributed by atoms with Gasteiger partial charge in [0.25, 0.3) is 0 Å². The molecule has 0 radical (unpaired) electrons. The smallest absolute Gasteiger partial charge is 0.224 e. The van der Waals surface area contributed by atoms with Gasteiger partial charge in [-0.1, -0.05) is 6.92 Å². The van der Waals surface area contributed by atoms with Crippen LogP contribution in [0.4, 0.5) is 0 Å². The predicted molar refractivity (Wildman–Crippen MR) is 54.6 cm³/mol. The van der Waals surface area contributed by atoms with E-state index in [4.69, 9.17) is 11.2 Å². The number of amides is 1. The Kier molecular flexibility index (Phi) is 3.97. The largest absolute Gasteiger partial charge is 0.383 e. The van der Waals surface area contributed by atoms with Crippen molar-refractivity contribution in [2.24, 2.45) is 5.92 Å². The average molecular weight is 195 g/mol. The van der Waals surface area contributed by atoms with Crippen molar-refractivity contribution in [2.75, 3.05) is 20.3 Å². The fourth-order valence-electron chi connectivity index (χ4n) is 1.82. The Morgan fingerprint density at radius 2 is 2.50 bits per heavy atom. The Bertz CT molecular complexity index is 244. The van der Waals surface area contributed by atoms with Gasteiger partial charge in [-0.3, -0.25) is 4.79 Å². The van der Waals surface area contributed by atoms with Crippen molar-refractivity contribution in [1.82, 2.24) is 4.90 Å². The fourth-order valence-corrected chi connectivity index (χ4v) is 1.82. The minimum absolute atomic E-state index is 0.0911. The average Bonchev–Trinajstić information content (AvgIpc) is 2.56. The lowest BCUT2D eigenvalue weighted by molar-refractivity contribution is -0.130. The molecule has 3 heteroatoms. The van der Waals surface area contributed by atoms with Crippen LogP contribution in [0.1, 0.15) is 19.8 Å². The molecule has 0 aromatic rings. The van der Waals surface area contributed by atoms with E-state index < -0.39 is 0 Å². The van der Waals surface area contributed by atoms with Gasteiger partial charge < -0.3 is 9.64 Å². The molecule has 1 aliphatic heterocycles. The van der Waals surface area contributed by atoms with Gasteiger partial charge in [0.15, 0.2) is 0 Å². The van der Waals surface area contributed by atoms with Gasteiger partial charge in [0.2, 0.25) is 5.91 Å². The minimum Gasteiger partial charge on any atom is -0.383 e. The Hall–Kier alpha value is -1.01. The summed E-state index contributed by atoms with van der Waals surface area (Å²) in [6, 6.07) is 0.186. The van der Waals surface area contributed by atoms with Crippen LogP contribution in [0.3, 0.4) is 0 Å². The second kappa shape index (κ2) is 5.02. The Morgan fingerprint density at radius 3 is 2.93 bits per heavy atom. The van der Waals surface area contributed by atoms with Gasteiger partial charge in [-0.2, -0.15) is 0 Å². The van der Waals surface area contributed by atoms with E-state index in [2.05, 4.69) is 12.8 Å². The first kappa shape index (κ1) is 11.1. The number of methoxy groups -OCH3 is 1. The third-order valence-corrected chi connectivity index (χ3v) is 2.67. The molecule has 0 saturated carbocycles. The van der Waals surface area contributed by atoms with Gasteiger partial charge in [-0.25, -0.2) is 0 Å². The highest BCUT2D eigenvalue weighted by Crippen LogP contribution is 2.20. The molecule has 1 saturated heterocycles. The highest BCUT2D eigenvalue weighted by Gasteiger charge is 2.32. The molecule has 0 N–H and O–H groups in total. The number of hydrogen-bond donors (Lipinski definition) is 0. The van der Waals surface area contributed by atoms with Crippen molar-refractivity contribution in [2.45, 2.75) is 25.8 Å². The third kappa shape index (κ3) is 2.27. The summed E-state index contributed by atoms with van der Waals surface area (Å²) in [5, 5.41) is 0. The van der Waals surface area contributed by atoms with Gasteiger partial charge in [-0.15, -0.1) is 12.3 Å². The summed E-state index contributed by atoms with van der Waals surface area (Å²) in [5.41, 5.74) is 0. The Morgan fingerprint density at radius 1 is 1.79 bits per heavy atom. The van der Waals surface area contributed by atoms with Crippen LogP contribution in [0.15, 0.2) is 0 Å². The summed E-state index contributed by atoms with van der Waals surface area (Å²) in [4.78, 5) is 13.4. The molecule has 1 amide bonds. The first-order chi connectivity index (χ1) is 6.72. The summed E-state index contributed by atoms with van der Waals surface area (Å²) in [6.45, 7) is 3.34.